The molecule has 0 aliphatic carbocycles. The zero-order valence-electron chi connectivity index (χ0n) is 9.81. The van der Waals surface area contributed by atoms with E-state index in [-0.39, 0.29) is 5.92 Å². The van der Waals surface area contributed by atoms with Gasteiger partial charge in [-0.25, -0.2) is 4.98 Å². The summed E-state index contributed by atoms with van der Waals surface area (Å²) in [6, 6.07) is 0. The summed E-state index contributed by atoms with van der Waals surface area (Å²) >= 11 is 0. The minimum Gasteiger partial charge on any atom is -0.481 e. The molecule has 0 amide bonds. The van der Waals surface area contributed by atoms with E-state index < -0.39 is 5.97 Å². The Bertz CT molecular complexity index is 396. The topological polar surface area (TPSA) is 55.1 Å². The standard InChI is InChI=1S/C12H18N2O2/c1-8(2)6-11-13-7-10-9(12(15)16)4-3-5-14(10)11/h7-9H,3-6H2,1-2H3,(H,15,16). The molecule has 0 bridgehead atoms. The monoisotopic (exact) mass is 222 g/mol. The van der Waals surface area contributed by atoms with E-state index >= 15 is 0 Å². The van der Waals surface area contributed by atoms with Crippen LogP contribution < -0.4 is 0 Å². The average molecular weight is 222 g/mol. The molecule has 88 valence electrons. The number of hydrogen-bond donors (Lipinski definition) is 1. The molecule has 2 rings (SSSR count). The molecule has 0 fully saturated rings. The van der Waals surface area contributed by atoms with Gasteiger partial charge in [-0.05, 0) is 18.8 Å². The largest absolute Gasteiger partial charge is 0.481 e. The maximum atomic E-state index is 11.1. The number of carbonyl (C=O) groups is 1. The molecule has 1 aromatic rings. The second kappa shape index (κ2) is 4.28. The Morgan fingerprint density at radius 2 is 2.44 bits per heavy atom. The van der Waals surface area contributed by atoms with E-state index in [0.29, 0.717) is 5.92 Å². The molecule has 1 N–H and O–H groups in total. The first-order valence-electron chi connectivity index (χ1n) is 5.86. The number of imidazole rings is 1. The molecule has 4 heteroatoms. The lowest BCUT2D eigenvalue weighted by Gasteiger charge is -2.22. The minimum absolute atomic E-state index is 0.359. The van der Waals surface area contributed by atoms with E-state index in [0.717, 1.165) is 37.3 Å². The number of aliphatic carboxylic acids is 1. The van der Waals surface area contributed by atoms with Crippen LogP contribution in [0.2, 0.25) is 0 Å². The van der Waals surface area contributed by atoms with Crippen molar-refractivity contribution >= 4 is 5.97 Å². The van der Waals surface area contributed by atoms with Gasteiger partial charge in [0.1, 0.15) is 5.82 Å². The van der Waals surface area contributed by atoms with Crippen LogP contribution in [-0.4, -0.2) is 20.6 Å². The van der Waals surface area contributed by atoms with Gasteiger partial charge in [0.25, 0.3) is 0 Å². The molecule has 0 spiro atoms. The summed E-state index contributed by atoms with van der Waals surface area (Å²) in [7, 11) is 0. The lowest BCUT2D eigenvalue weighted by atomic mass is 9.96. The van der Waals surface area contributed by atoms with E-state index in [4.69, 9.17) is 5.11 Å². The second-order valence-electron chi connectivity index (χ2n) is 4.88. The Labute approximate surface area is 95.3 Å². The smallest absolute Gasteiger partial charge is 0.312 e. The predicted molar refractivity (Wildman–Crippen MR) is 60.4 cm³/mol. The number of carboxylic acid groups (broad SMARTS) is 1. The quantitative estimate of drug-likeness (QED) is 0.851. The third-order valence-electron chi connectivity index (χ3n) is 3.09. The maximum absolute atomic E-state index is 11.1. The van der Waals surface area contributed by atoms with Gasteiger partial charge in [0, 0.05) is 19.2 Å². The second-order valence-corrected chi connectivity index (χ2v) is 4.88. The van der Waals surface area contributed by atoms with Gasteiger partial charge < -0.3 is 9.67 Å². The third kappa shape index (κ3) is 1.96. The van der Waals surface area contributed by atoms with Gasteiger partial charge in [-0.15, -0.1) is 0 Å². The minimum atomic E-state index is -0.725. The Morgan fingerprint density at radius 1 is 1.69 bits per heavy atom. The highest BCUT2D eigenvalue weighted by molar-refractivity contribution is 5.75. The molecule has 0 aromatic carbocycles. The highest BCUT2D eigenvalue weighted by atomic mass is 16.4. The fourth-order valence-corrected chi connectivity index (χ4v) is 2.34. The Morgan fingerprint density at radius 3 is 3.06 bits per heavy atom. The van der Waals surface area contributed by atoms with Gasteiger partial charge in [0.15, 0.2) is 0 Å². The van der Waals surface area contributed by atoms with Gasteiger partial charge in [-0.1, -0.05) is 13.8 Å². The molecule has 2 heterocycles. The van der Waals surface area contributed by atoms with Crippen LogP contribution in [0.1, 0.15) is 44.1 Å². The van der Waals surface area contributed by atoms with Crippen molar-refractivity contribution in [1.29, 1.82) is 0 Å². The zero-order valence-corrected chi connectivity index (χ0v) is 9.81. The maximum Gasteiger partial charge on any atom is 0.312 e. The normalized spacial score (nSPS) is 19.8. The first-order valence-corrected chi connectivity index (χ1v) is 5.86. The molecule has 1 atom stereocenters. The highest BCUT2D eigenvalue weighted by Gasteiger charge is 2.28. The number of rotatable bonds is 3. The predicted octanol–water partition coefficient (Wildman–Crippen LogP) is 2.04. The van der Waals surface area contributed by atoms with E-state index in [1.807, 2.05) is 0 Å². The van der Waals surface area contributed by atoms with Crippen LogP contribution in [0.15, 0.2) is 6.20 Å². The molecule has 16 heavy (non-hydrogen) atoms. The summed E-state index contributed by atoms with van der Waals surface area (Å²) in [6.07, 6.45) is 4.34. The number of hydrogen-bond acceptors (Lipinski definition) is 2. The molecule has 0 saturated carbocycles. The van der Waals surface area contributed by atoms with Crippen molar-refractivity contribution in [3.8, 4) is 0 Å². The zero-order chi connectivity index (χ0) is 11.7. The van der Waals surface area contributed by atoms with Crippen LogP contribution in [0.4, 0.5) is 0 Å². The van der Waals surface area contributed by atoms with Crippen molar-refractivity contribution in [1.82, 2.24) is 9.55 Å². The fourth-order valence-electron chi connectivity index (χ4n) is 2.34. The summed E-state index contributed by atoms with van der Waals surface area (Å²) in [5, 5.41) is 9.14. The molecule has 0 saturated heterocycles. The van der Waals surface area contributed by atoms with Crippen LogP contribution in [0.3, 0.4) is 0 Å². The number of aromatic nitrogens is 2. The summed E-state index contributed by atoms with van der Waals surface area (Å²) in [5.74, 6) is 0.506. The SMILES string of the molecule is CC(C)Cc1ncc2n1CCCC2C(=O)O. The van der Waals surface area contributed by atoms with E-state index in [9.17, 15) is 4.79 Å². The Hall–Kier alpha value is -1.32. The van der Waals surface area contributed by atoms with Gasteiger partial charge in [-0.2, -0.15) is 0 Å². The number of nitrogens with zero attached hydrogens (tertiary/aromatic N) is 2. The third-order valence-corrected chi connectivity index (χ3v) is 3.09. The van der Waals surface area contributed by atoms with Gasteiger partial charge in [0.2, 0.25) is 0 Å². The molecule has 1 aliphatic heterocycles. The molecular formula is C12H18N2O2. The molecule has 1 unspecified atom stereocenters. The number of fused-ring (bicyclic) bond motifs is 1. The van der Waals surface area contributed by atoms with Gasteiger partial charge >= 0.3 is 5.97 Å². The summed E-state index contributed by atoms with van der Waals surface area (Å²) in [4.78, 5) is 15.5. The van der Waals surface area contributed by atoms with Crippen molar-refractivity contribution in [2.45, 2.75) is 45.6 Å². The summed E-state index contributed by atoms with van der Waals surface area (Å²) in [5.41, 5.74) is 0.884. The van der Waals surface area contributed by atoms with Crippen molar-refractivity contribution in [2.24, 2.45) is 5.92 Å². The van der Waals surface area contributed by atoms with Gasteiger partial charge in [0.05, 0.1) is 11.6 Å². The first-order chi connectivity index (χ1) is 7.59. The molecule has 0 radical (unpaired) electrons. The lowest BCUT2D eigenvalue weighted by molar-refractivity contribution is -0.139. The fraction of sp³-hybridized carbons (Fsp3) is 0.667. The Balaban J connectivity index is 2.31. The molecule has 1 aromatic heterocycles. The van der Waals surface area contributed by atoms with Crippen molar-refractivity contribution in [2.75, 3.05) is 0 Å². The Kier molecular flexibility index (Phi) is 2.99. The van der Waals surface area contributed by atoms with E-state index in [1.54, 1.807) is 6.20 Å². The van der Waals surface area contributed by atoms with Crippen molar-refractivity contribution < 1.29 is 9.90 Å². The van der Waals surface area contributed by atoms with Crippen molar-refractivity contribution in [3.05, 3.63) is 17.7 Å². The summed E-state index contributed by atoms with van der Waals surface area (Å²) in [6.45, 7) is 5.22. The number of carboxylic acids is 1. The van der Waals surface area contributed by atoms with Crippen LogP contribution >= 0.6 is 0 Å². The van der Waals surface area contributed by atoms with Crippen LogP contribution in [-0.2, 0) is 17.8 Å². The van der Waals surface area contributed by atoms with Crippen molar-refractivity contribution in [3.63, 3.8) is 0 Å². The van der Waals surface area contributed by atoms with Crippen LogP contribution in [0.25, 0.3) is 0 Å². The molecule has 1 aliphatic rings. The molecular weight excluding hydrogens is 204 g/mol. The van der Waals surface area contributed by atoms with Crippen LogP contribution in [0, 0.1) is 5.92 Å². The van der Waals surface area contributed by atoms with E-state index in [1.165, 1.54) is 0 Å². The van der Waals surface area contributed by atoms with Gasteiger partial charge in [-0.3, -0.25) is 4.79 Å². The first kappa shape index (κ1) is 11.2. The summed E-state index contributed by atoms with van der Waals surface area (Å²) < 4.78 is 2.10. The van der Waals surface area contributed by atoms with E-state index in [2.05, 4.69) is 23.4 Å². The highest BCUT2D eigenvalue weighted by Crippen LogP contribution is 2.28. The lowest BCUT2D eigenvalue weighted by Crippen LogP contribution is -2.22. The molecule has 4 nitrogen and oxygen atoms in total. The van der Waals surface area contributed by atoms with Crippen LogP contribution in [0.5, 0.6) is 0 Å². The average Bonchev–Trinajstić information content (AvgIpc) is 2.60.